The monoisotopic (exact) mass is 206 g/mol. The van der Waals surface area contributed by atoms with E-state index in [0.717, 1.165) is 17.6 Å². The van der Waals surface area contributed by atoms with Crippen LogP contribution in [0.15, 0.2) is 23.3 Å². The summed E-state index contributed by atoms with van der Waals surface area (Å²) in [6.07, 6.45) is 1.66. The minimum Gasteiger partial charge on any atom is -0.295 e. The molecule has 0 fully saturated rings. The van der Waals surface area contributed by atoms with Crippen LogP contribution in [0.2, 0.25) is 0 Å². The Kier molecular flexibility index (Phi) is 3.22. The van der Waals surface area contributed by atoms with E-state index in [1.807, 2.05) is 13.8 Å². The highest BCUT2D eigenvalue weighted by molar-refractivity contribution is 5.97. The molecule has 0 radical (unpaired) electrons. The second kappa shape index (κ2) is 3.96. The maximum Gasteiger partial charge on any atom is 0.159 e. The summed E-state index contributed by atoms with van der Waals surface area (Å²) < 4.78 is 0. The second-order valence-corrected chi connectivity index (χ2v) is 5.73. The molecule has 0 aromatic rings. The molecular formula is C14H22O. The maximum absolute atomic E-state index is 11.9. The Morgan fingerprint density at radius 1 is 1.33 bits per heavy atom. The van der Waals surface area contributed by atoms with Crippen molar-refractivity contribution in [2.24, 2.45) is 11.3 Å². The van der Waals surface area contributed by atoms with E-state index in [9.17, 15) is 4.79 Å². The van der Waals surface area contributed by atoms with E-state index < -0.39 is 0 Å². The summed E-state index contributed by atoms with van der Waals surface area (Å²) in [5.74, 6) is 0.662. The average Bonchev–Trinajstić information content (AvgIpc) is 2.06. The van der Waals surface area contributed by atoms with Gasteiger partial charge < -0.3 is 0 Å². The van der Waals surface area contributed by atoms with Gasteiger partial charge in [0.2, 0.25) is 0 Å². The van der Waals surface area contributed by atoms with Crippen molar-refractivity contribution in [2.75, 3.05) is 0 Å². The zero-order chi connectivity index (χ0) is 11.8. The first-order chi connectivity index (χ1) is 6.73. The first-order valence-corrected chi connectivity index (χ1v) is 5.62. The Labute approximate surface area is 93.3 Å². The number of carbonyl (C=O) groups excluding carboxylic acids is 1. The molecule has 1 aliphatic carbocycles. The zero-order valence-electron chi connectivity index (χ0n) is 10.6. The summed E-state index contributed by atoms with van der Waals surface area (Å²) in [6.45, 7) is 14.5. The number of allylic oxidation sites excluding steroid dienone is 3. The third kappa shape index (κ3) is 2.58. The molecule has 0 aliphatic heterocycles. The Hall–Kier alpha value is -0.850. The van der Waals surface area contributed by atoms with E-state index in [1.165, 1.54) is 5.57 Å². The summed E-state index contributed by atoms with van der Waals surface area (Å²) in [7, 11) is 0. The quantitative estimate of drug-likeness (QED) is 0.595. The number of ketones is 1. The van der Waals surface area contributed by atoms with Crippen LogP contribution in [0.3, 0.4) is 0 Å². The van der Waals surface area contributed by atoms with Gasteiger partial charge in [0.25, 0.3) is 0 Å². The molecule has 1 aliphatic rings. The smallest absolute Gasteiger partial charge is 0.159 e. The molecule has 1 heteroatoms. The largest absolute Gasteiger partial charge is 0.295 e. The molecule has 0 aromatic carbocycles. The lowest BCUT2D eigenvalue weighted by Crippen LogP contribution is -2.25. The highest BCUT2D eigenvalue weighted by Crippen LogP contribution is 2.40. The Balaban J connectivity index is 3.07. The SMILES string of the molecule is C=C(C)C1CC(=O)C(C)=C(C(C)(C)C)C1. The number of hydrogen-bond donors (Lipinski definition) is 0. The minimum absolute atomic E-state index is 0.105. The Morgan fingerprint density at radius 2 is 1.87 bits per heavy atom. The first kappa shape index (κ1) is 12.2. The second-order valence-electron chi connectivity index (χ2n) is 5.73. The zero-order valence-corrected chi connectivity index (χ0v) is 10.6. The molecule has 0 spiro atoms. The average molecular weight is 206 g/mol. The predicted molar refractivity (Wildman–Crippen MR) is 64.7 cm³/mol. The lowest BCUT2D eigenvalue weighted by Gasteiger charge is -2.33. The molecule has 1 unspecified atom stereocenters. The van der Waals surface area contributed by atoms with Gasteiger partial charge in [-0.05, 0) is 37.2 Å². The molecule has 1 nitrogen and oxygen atoms in total. The van der Waals surface area contributed by atoms with Crippen LogP contribution < -0.4 is 0 Å². The van der Waals surface area contributed by atoms with Gasteiger partial charge >= 0.3 is 0 Å². The van der Waals surface area contributed by atoms with Crippen LogP contribution in [-0.4, -0.2) is 5.78 Å². The standard InChI is InChI=1S/C14H22O/c1-9(2)11-7-12(14(4,5)6)10(3)13(15)8-11/h11H,1,7-8H2,2-6H3. The van der Waals surface area contributed by atoms with Crippen molar-refractivity contribution in [3.8, 4) is 0 Å². The van der Waals surface area contributed by atoms with E-state index in [-0.39, 0.29) is 5.41 Å². The van der Waals surface area contributed by atoms with Gasteiger partial charge in [0.15, 0.2) is 5.78 Å². The van der Waals surface area contributed by atoms with Crippen molar-refractivity contribution in [1.82, 2.24) is 0 Å². The lowest BCUT2D eigenvalue weighted by atomic mass is 9.71. The van der Waals surface area contributed by atoms with Gasteiger partial charge in [-0.1, -0.05) is 38.5 Å². The molecule has 0 bridgehead atoms. The van der Waals surface area contributed by atoms with Crippen LogP contribution in [0.5, 0.6) is 0 Å². The van der Waals surface area contributed by atoms with Gasteiger partial charge in [-0.25, -0.2) is 0 Å². The van der Waals surface area contributed by atoms with Gasteiger partial charge in [-0.3, -0.25) is 4.79 Å². The number of carbonyl (C=O) groups is 1. The normalized spacial score (nSPS) is 23.3. The summed E-state index contributed by atoms with van der Waals surface area (Å²) in [6, 6.07) is 0. The van der Waals surface area contributed by atoms with E-state index in [2.05, 4.69) is 27.4 Å². The fraction of sp³-hybridized carbons (Fsp3) is 0.643. The van der Waals surface area contributed by atoms with Crippen molar-refractivity contribution >= 4 is 5.78 Å². The van der Waals surface area contributed by atoms with Crippen molar-refractivity contribution in [3.05, 3.63) is 23.3 Å². The molecule has 0 aromatic heterocycles. The van der Waals surface area contributed by atoms with E-state index in [1.54, 1.807) is 0 Å². The molecule has 15 heavy (non-hydrogen) atoms. The van der Waals surface area contributed by atoms with E-state index in [0.29, 0.717) is 18.1 Å². The lowest BCUT2D eigenvalue weighted by molar-refractivity contribution is -0.116. The van der Waals surface area contributed by atoms with Crippen LogP contribution in [0, 0.1) is 11.3 Å². The molecule has 0 N–H and O–H groups in total. The van der Waals surface area contributed by atoms with E-state index in [4.69, 9.17) is 0 Å². The Bertz CT molecular complexity index is 326. The molecule has 0 saturated heterocycles. The highest BCUT2D eigenvalue weighted by atomic mass is 16.1. The summed E-state index contributed by atoms with van der Waals surface area (Å²) in [5.41, 5.74) is 3.54. The minimum atomic E-state index is 0.105. The third-order valence-corrected chi connectivity index (χ3v) is 3.36. The summed E-state index contributed by atoms with van der Waals surface area (Å²) in [4.78, 5) is 11.9. The van der Waals surface area contributed by atoms with Gasteiger partial charge in [0.05, 0.1) is 0 Å². The van der Waals surface area contributed by atoms with Gasteiger partial charge in [-0.2, -0.15) is 0 Å². The van der Waals surface area contributed by atoms with Crippen molar-refractivity contribution in [2.45, 2.75) is 47.5 Å². The van der Waals surface area contributed by atoms with Crippen molar-refractivity contribution in [1.29, 1.82) is 0 Å². The van der Waals surface area contributed by atoms with Gasteiger partial charge in [0.1, 0.15) is 0 Å². The van der Waals surface area contributed by atoms with Crippen molar-refractivity contribution < 1.29 is 4.79 Å². The van der Waals surface area contributed by atoms with Crippen molar-refractivity contribution in [3.63, 3.8) is 0 Å². The first-order valence-electron chi connectivity index (χ1n) is 5.62. The van der Waals surface area contributed by atoms with Crippen LogP contribution in [0.4, 0.5) is 0 Å². The molecule has 0 heterocycles. The predicted octanol–water partition coefficient (Wildman–Crippen LogP) is 3.90. The van der Waals surface area contributed by atoms with Gasteiger partial charge in [-0.15, -0.1) is 0 Å². The number of Topliss-reactive ketones (excluding diaryl/α,β-unsaturated/α-hetero) is 1. The molecule has 1 rings (SSSR count). The molecular weight excluding hydrogens is 184 g/mol. The van der Waals surface area contributed by atoms with Crippen LogP contribution in [0.1, 0.15) is 47.5 Å². The third-order valence-electron chi connectivity index (χ3n) is 3.36. The highest BCUT2D eigenvalue weighted by Gasteiger charge is 2.30. The van der Waals surface area contributed by atoms with E-state index >= 15 is 0 Å². The van der Waals surface area contributed by atoms with Crippen LogP contribution >= 0.6 is 0 Å². The topological polar surface area (TPSA) is 17.1 Å². The summed E-state index contributed by atoms with van der Waals surface area (Å²) >= 11 is 0. The fourth-order valence-corrected chi connectivity index (χ4v) is 2.23. The summed E-state index contributed by atoms with van der Waals surface area (Å²) in [5, 5.41) is 0. The Morgan fingerprint density at radius 3 is 2.27 bits per heavy atom. The molecule has 0 saturated carbocycles. The maximum atomic E-state index is 11.9. The van der Waals surface area contributed by atoms with Gasteiger partial charge in [0, 0.05) is 6.42 Å². The number of hydrogen-bond acceptors (Lipinski definition) is 1. The molecule has 0 amide bonds. The number of rotatable bonds is 1. The molecule has 1 atom stereocenters. The molecule has 84 valence electrons. The van der Waals surface area contributed by atoms with Crippen LogP contribution in [0.25, 0.3) is 0 Å². The fourth-order valence-electron chi connectivity index (χ4n) is 2.23. The van der Waals surface area contributed by atoms with Crippen LogP contribution in [-0.2, 0) is 4.79 Å².